The van der Waals surface area contributed by atoms with E-state index in [9.17, 15) is 9.59 Å². The number of amides is 2. The van der Waals surface area contributed by atoms with Crippen molar-refractivity contribution in [3.8, 4) is 0 Å². The van der Waals surface area contributed by atoms with Gasteiger partial charge in [0.15, 0.2) is 0 Å². The molecule has 2 aliphatic rings. The summed E-state index contributed by atoms with van der Waals surface area (Å²) in [5, 5.41) is 5.39. The summed E-state index contributed by atoms with van der Waals surface area (Å²) >= 11 is 2.30. The highest BCUT2D eigenvalue weighted by molar-refractivity contribution is 14.1. The predicted molar refractivity (Wildman–Crippen MR) is 134 cm³/mol. The Labute approximate surface area is 198 Å². The van der Waals surface area contributed by atoms with Gasteiger partial charge in [0.05, 0.1) is 6.04 Å². The van der Waals surface area contributed by atoms with E-state index in [0.717, 1.165) is 49.6 Å². The number of fused-ring (bicyclic) bond motifs is 1. The van der Waals surface area contributed by atoms with E-state index in [1.165, 1.54) is 21.8 Å². The Balaban J connectivity index is 1.31. The molecule has 0 bridgehead atoms. The Hall–Kier alpha value is -1.67. The summed E-state index contributed by atoms with van der Waals surface area (Å²) in [5.41, 5.74) is 7.22. The molecule has 0 saturated heterocycles. The molecule has 1 atom stereocenters. The molecular formula is C25H32IN3O2. The molecule has 2 aromatic rings. The van der Waals surface area contributed by atoms with E-state index in [-0.39, 0.29) is 23.7 Å². The van der Waals surface area contributed by atoms with Gasteiger partial charge in [-0.1, -0.05) is 25.0 Å². The highest BCUT2D eigenvalue weighted by Crippen LogP contribution is 2.33. The summed E-state index contributed by atoms with van der Waals surface area (Å²) < 4.78 is 1.18. The SMILES string of the molecule is CN(C(=O)C(N)C1CCC(C(=O)Nc2ccc3ccc(I)cc3c2)CC1)C1CCCC1. The molecule has 5 nitrogen and oxygen atoms in total. The van der Waals surface area contributed by atoms with Gasteiger partial charge in [0.2, 0.25) is 11.8 Å². The fraction of sp³-hybridized carbons (Fsp3) is 0.520. The van der Waals surface area contributed by atoms with Crippen molar-refractivity contribution in [1.29, 1.82) is 0 Å². The number of nitrogens with two attached hydrogens (primary N) is 1. The van der Waals surface area contributed by atoms with Crippen LogP contribution in [0.1, 0.15) is 51.4 Å². The van der Waals surface area contributed by atoms with Crippen LogP contribution in [-0.2, 0) is 9.59 Å². The minimum Gasteiger partial charge on any atom is -0.341 e. The quantitative estimate of drug-likeness (QED) is 0.536. The first-order valence-corrected chi connectivity index (χ1v) is 12.5. The van der Waals surface area contributed by atoms with Crippen LogP contribution in [0.5, 0.6) is 0 Å². The molecule has 166 valence electrons. The predicted octanol–water partition coefficient (Wildman–Crippen LogP) is 4.92. The lowest BCUT2D eigenvalue weighted by Gasteiger charge is -2.34. The lowest BCUT2D eigenvalue weighted by Crippen LogP contribution is -2.50. The highest BCUT2D eigenvalue weighted by atomic mass is 127. The van der Waals surface area contributed by atoms with Crippen LogP contribution in [-0.4, -0.2) is 35.8 Å². The summed E-state index contributed by atoms with van der Waals surface area (Å²) in [6.07, 6.45) is 7.83. The zero-order chi connectivity index (χ0) is 22.0. The summed E-state index contributed by atoms with van der Waals surface area (Å²) in [6, 6.07) is 12.3. The number of benzene rings is 2. The average molecular weight is 533 g/mol. The van der Waals surface area contributed by atoms with E-state index in [1.54, 1.807) is 0 Å². The molecule has 0 heterocycles. The van der Waals surface area contributed by atoms with Crippen molar-refractivity contribution in [1.82, 2.24) is 4.90 Å². The lowest BCUT2D eigenvalue weighted by molar-refractivity contribution is -0.135. The molecule has 6 heteroatoms. The van der Waals surface area contributed by atoms with E-state index in [4.69, 9.17) is 5.73 Å². The molecule has 0 aromatic heterocycles. The number of nitrogens with zero attached hydrogens (tertiary/aromatic N) is 1. The van der Waals surface area contributed by atoms with Gasteiger partial charge < -0.3 is 16.0 Å². The van der Waals surface area contributed by atoms with Crippen LogP contribution in [0.3, 0.4) is 0 Å². The monoisotopic (exact) mass is 533 g/mol. The van der Waals surface area contributed by atoms with Gasteiger partial charge in [-0.05, 0) is 102 Å². The maximum absolute atomic E-state index is 12.8. The van der Waals surface area contributed by atoms with E-state index >= 15 is 0 Å². The molecule has 3 N–H and O–H groups in total. The molecule has 0 radical (unpaired) electrons. The standard InChI is InChI=1S/C25H32IN3O2/c1-29(22-4-2-3-5-22)25(31)23(27)17-6-8-18(9-7-17)24(30)28-21-13-11-16-10-12-20(26)14-19(16)15-21/h10-15,17-18,22-23H,2-9,27H2,1H3,(H,28,30). The Bertz CT molecular complexity index is 949. The Morgan fingerprint density at radius 3 is 2.39 bits per heavy atom. The number of likely N-dealkylation sites (N-methyl/N-ethyl adjacent to an activating group) is 1. The second kappa shape index (κ2) is 9.86. The van der Waals surface area contributed by atoms with E-state index < -0.39 is 6.04 Å². The Kier molecular flexibility index (Phi) is 7.16. The maximum Gasteiger partial charge on any atom is 0.239 e. The van der Waals surface area contributed by atoms with E-state index in [1.807, 2.05) is 30.1 Å². The van der Waals surface area contributed by atoms with Crippen molar-refractivity contribution in [2.75, 3.05) is 12.4 Å². The third-order valence-electron chi connectivity index (χ3n) is 7.23. The summed E-state index contributed by atoms with van der Waals surface area (Å²) in [5.74, 6) is 0.304. The molecule has 2 saturated carbocycles. The summed E-state index contributed by atoms with van der Waals surface area (Å²) in [6.45, 7) is 0. The topological polar surface area (TPSA) is 75.4 Å². The second-order valence-corrected chi connectivity index (χ2v) is 10.5. The Morgan fingerprint density at radius 2 is 1.68 bits per heavy atom. The normalized spacial score (nSPS) is 22.9. The van der Waals surface area contributed by atoms with Crippen molar-refractivity contribution in [2.24, 2.45) is 17.6 Å². The van der Waals surface area contributed by atoms with Crippen molar-refractivity contribution < 1.29 is 9.59 Å². The molecule has 1 unspecified atom stereocenters. The second-order valence-electron chi connectivity index (χ2n) is 9.22. The van der Waals surface area contributed by atoms with Gasteiger partial charge in [0, 0.05) is 28.3 Å². The molecule has 0 aliphatic heterocycles. The first-order valence-electron chi connectivity index (χ1n) is 11.4. The van der Waals surface area contributed by atoms with Gasteiger partial charge >= 0.3 is 0 Å². The first-order chi connectivity index (χ1) is 14.9. The van der Waals surface area contributed by atoms with Crippen molar-refractivity contribution in [2.45, 2.75) is 63.5 Å². The smallest absolute Gasteiger partial charge is 0.239 e. The fourth-order valence-corrected chi connectivity index (χ4v) is 5.70. The van der Waals surface area contributed by atoms with Gasteiger partial charge in [-0.3, -0.25) is 9.59 Å². The average Bonchev–Trinajstić information content (AvgIpc) is 3.32. The van der Waals surface area contributed by atoms with Crippen LogP contribution in [0.2, 0.25) is 0 Å². The van der Waals surface area contributed by atoms with E-state index in [0.29, 0.717) is 6.04 Å². The molecule has 2 fully saturated rings. The largest absolute Gasteiger partial charge is 0.341 e. The van der Waals surface area contributed by atoms with Crippen LogP contribution < -0.4 is 11.1 Å². The Morgan fingerprint density at radius 1 is 1.00 bits per heavy atom. The van der Waals surface area contributed by atoms with E-state index in [2.05, 4.69) is 46.1 Å². The number of rotatable bonds is 5. The van der Waals surface area contributed by atoms with Gasteiger partial charge in [0.25, 0.3) is 0 Å². The van der Waals surface area contributed by atoms with Crippen LogP contribution in [0, 0.1) is 15.4 Å². The third kappa shape index (κ3) is 5.22. The van der Waals surface area contributed by atoms with Gasteiger partial charge in [0.1, 0.15) is 0 Å². The zero-order valence-corrected chi connectivity index (χ0v) is 20.3. The lowest BCUT2D eigenvalue weighted by atomic mass is 9.78. The molecule has 2 aromatic carbocycles. The minimum atomic E-state index is -0.447. The number of anilines is 1. The fourth-order valence-electron chi connectivity index (χ4n) is 5.19. The van der Waals surface area contributed by atoms with Crippen LogP contribution >= 0.6 is 22.6 Å². The van der Waals surface area contributed by atoms with Crippen LogP contribution in [0.4, 0.5) is 5.69 Å². The number of hydrogen-bond donors (Lipinski definition) is 2. The number of carbonyl (C=O) groups excluding carboxylic acids is 2. The van der Waals surface area contributed by atoms with Crippen molar-refractivity contribution in [3.05, 3.63) is 40.0 Å². The zero-order valence-electron chi connectivity index (χ0n) is 18.1. The van der Waals surface area contributed by atoms with Gasteiger partial charge in [-0.2, -0.15) is 0 Å². The number of halogens is 1. The molecule has 2 amide bonds. The minimum absolute atomic E-state index is 0.0160. The molecule has 31 heavy (non-hydrogen) atoms. The number of nitrogens with one attached hydrogen (secondary N) is 1. The van der Waals surface area contributed by atoms with Gasteiger partial charge in [-0.15, -0.1) is 0 Å². The van der Waals surface area contributed by atoms with Crippen LogP contribution in [0.25, 0.3) is 10.8 Å². The van der Waals surface area contributed by atoms with Crippen molar-refractivity contribution in [3.63, 3.8) is 0 Å². The molecular weight excluding hydrogens is 501 g/mol. The van der Waals surface area contributed by atoms with Crippen molar-refractivity contribution >= 4 is 50.9 Å². The third-order valence-corrected chi connectivity index (χ3v) is 7.90. The molecule has 0 spiro atoms. The maximum atomic E-state index is 12.8. The summed E-state index contributed by atoms with van der Waals surface area (Å²) in [4.78, 5) is 27.6. The summed E-state index contributed by atoms with van der Waals surface area (Å²) in [7, 11) is 1.90. The first kappa shape index (κ1) is 22.5. The van der Waals surface area contributed by atoms with Gasteiger partial charge in [-0.25, -0.2) is 0 Å². The number of hydrogen-bond acceptors (Lipinski definition) is 3. The highest BCUT2D eigenvalue weighted by Gasteiger charge is 2.35. The van der Waals surface area contributed by atoms with Crippen LogP contribution in [0.15, 0.2) is 36.4 Å². The molecule has 2 aliphatic carbocycles. The molecule has 4 rings (SSSR count). The number of carbonyl (C=O) groups is 2.